The quantitative estimate of drug-likeness (QED) is 0.882. The Hall–Kier alpha value is -0.380. The number of aliphatic hydroxyl groups is 1. The van der Waals surface area contributed by atoms with Gasteiger partial charge >= 0.3 is 0 Å². The SMILES string of the molecule is Cc1ccc(CNC2(CO)CCC(C)CC2)c(Br)c1. The number of hydrogen-bond acceptors (Lipinski definition) is 2. The molecule has 2 rings (SSSR count). The molecule has 1 saturated carbocycles. The normalized spacial score (nSPS) is 27.5. The van der Waals surface area contributed by atoms with Crippen LogP contribution in [-0.2, 0) is 6.54 Å². The van der Waals surface area contributed by atoms with Gasteiger partial charge in [-0.1, -0.05) is 35.0 Å². The number of halogens is 1. The van der Waals surface area contributed by atoms with Gasteiger partial charge in [-0.15, -0.1) is 0 Å². The first-order valence-electron chi connectivity index (χ1n) is 7.15. The van der Waals surface area contributed by atoms with Crippen LogP contribution in [0.3, 0.4) is 0 Å². The Balaban J connectivity index is 2.00. The molecule has 2 nitrogen and oxygen atoms in total. The lowest BCUT2D eigenvalue weighted by molar-refractivity contribution is 0.104. The van der Waals surface area contributed by atoms with E-state index in [0.717, 1.165) is 29.8 Å². The van der Waals surface area contributed by atoms with Crippen LogP contribution in [0.5, 0.6) is 0 Å². The van der Waals surface area contributed by atoms with Crippen LogP contribution in [0.25, 0.3) is 0 Å². The van der Waals surface area contributed by atoms with Crippen LogP contribution in [0.4, 0.5) is 0 Å². The summed E-state index contributed by atoms with van der Waals surface area (Å²) in [5.74, 6) is 0.799. The third kappa shape index (κ3) is 3.80. The second-order valence-corrected chi connectivity index (χ2v) is 6.92. The fraction of sp³-hybridized carbons (Fsp3) is 0.625. The van der Waals surface area contributed by atoms with Crippen LogP contribution >= 0.6 is 15.9 Å². The zero-order valence-corrected chi connectivity index (χ0v) is 13.5. The summed E-state index contributed by atoms with van der Waals surface area (Å²) in [4.78, 5) is 0. The number of nitrogens with one attached hydrogen (secondary N) is 1. The average molecular weight is 326 g/mol. The fourth-order valence-electron chi connectivity index (χ4n) is 2.78. The molecule has 0 aliphatic heterocycles. The molecule has 3 heteroatoms. The highest BCUT2D eigenvalue weighted by molar-refractivity contribution is 9.10. The summed E-state index contributed by atoms with van der Waals surface area (Å²) in [5.41, 5.74) is 2.45. The van der Waals surface area contributed by atoms with Crippen molar-refractivity contribution in [2.45, 2.75) is 51.6 Å². The summed E-state index contributed by atoms with van der Waals surface area (Å²) in [6.45, 7) is 5.45. The predicted octanol–water partition coefficient (Wildman–Crippen LogP) is 3.79. The Bertz CT molecular complexity index is 425. The molecule has 0 radical (unpaired) electrons. The third-order valence-corrected chi connectivity index (χ3v) is 5.13. The minimum Gasteiger partial charge on any atom is -0.394 e. The van der Waals surface area contributed by atoms with Crippen LogP contribution in [0.15, 0.2) is 22.7 Å². The average Bonchev–Trinajstić information content (AvgIpc) is 2.40. The van der Waals surface area contributed by atoms with Crippen LogP contribution in [0, 0.1) is 12.8 Å². The van der Waals surface area contributed by atoms with Crippen molar-refractivity contribution in [3.63, 3.8) is 0 Å². The second kappa shape index (κ2) is 6.38. The zero-order chi connectivity index (χ0) is 13.9. The van der Waals surface area contributed by atoms with Gasteiger partial charge in [0.1, 0.15) is 0 Å². The smallest absolute Gasteiger partial charge is 0.0613 e. The summed E-state index contributed by atoms with van der Waals surface area (Å²) in [7, 11) is 0. The number of benzene rings is 1. The van der Waals surface area contributed by atoms with Crippen molar-refractivity contribution in [3.05, 3.63) is 33.8 Å². The molecule has 1 aromatic carbocycles. The fourth-order valence-corrected chi connectivity index (χ4v) is 3.42. The van der Waals surface area contributed by atoms with Gasteiger partial charge in [0.05, 0.1) is 6.61 Å². The molecule has 1 aliphatic carbocycles. The Morgan fingerprint density at radius 2 is 2.05 bits per heavy atom. The zero-order valence-electron chi connectivity index (χ0n) is 11.9. The number of aryl methyl sites for hydroxylation is 1. The van der Waals surface area contributed by atoms with E-state index in [1.54, 1.807) is 0 Å². The topological polar surface area (TPSA) is 32.3 Å². The summed E-state index contributed by atoms with van der Waals surface area (Å²) < 4.78 is 1.15. The van der Waals surface area contributed by atoms with E-state index in [1.807, 2.05) is 0 Å². The van der Waals surface area contributed by atoms with Crippen LogP contribution < -0.4 is 5.32 Å². The molecule has 0 heterocycles. The molecule has 0 spiro atoms. The Morgan fingerprint density at radius 3 is 2.63 bits per heavy atom. The Kier molecular flexibility index (Phi) is 5.04. The van der Waals surface area contributed by atoms with Crippen LogP contribution in [-0.4, -0.2) is 17.3 Å². The van der Waals surface area contributed by atoms with Gasteiger partial charge in [-0.3, -0.25) is 0 Å². The van der Waals surface area contributed by atoms with Gasteiger partial charge < -0.3 is 10.4 Å². The van der Waals surface area contributed by atoms with Gasteiger partial charge in [0.15, 0.2) is 0 Å². The van der Waals surface area contributed by atoms with Gasteiger partial charge in [0.2, 0.25) is 0 Å². The summed E-state index contributed by atoms with van der Waals surface area (Å²) in [5, 5.41) is 13.3. The van der Waals surface area contributed by atoms with E-state index >= 15 is 0 Å². The van der Waals surface area contributed by atoms with Gasteiger partial charge in [-0.2, -0.15) is 0 Å². The maximum Gasteiger partial charge on any atom is 0.0613 e. The molecule has 0 saturated heterocycles. The Labute approximate surface area is 124 Å². The van der Waals surface area contributed by atoms with Gasteiger partial charge in [0.25, 0.3) is 0 Å². The van der Waals surface area contributed by atoms with Crippen molar-refractivity contribution in [2.75, 3.05) is 6.61 Å². The van der Waals surface area contributed by atoms with Gasteiger partial charge in [-0.05, 0) is 55.7 Å². The van der Waals surface area contributed by atoms with Crippen molar-refractivity contribution in [1.82, 2.24) is 5.32 Å². The first-order valence-corrected chi connectivity index (χ1v) is 7.95. The van der Waals surface area contributed by atoms with E-state index in [-0.39, 0.29) is 12.1 Å². The largest absolute Gasteiger partial charge is 0.394 e. The van der Waals surface area contributed by atoms with Crippen molar-refractivity contribution < 1.29 is 5.11 Å². The van der Waals surface area contributed by atoms with Crippen molar-refractivity contribution in [2.24, 2.45) is 5.92 Å². The first-order chi connectivity index (χ1) is 9.04. The molecule has 0 atom stereocenters. The van der Waals surface area contributed by atoms with Gasteiger partial charge in [-0.25, -0.2) is 0 Å². The molecule has 0 bridgehead atoms. The van der Waals surface area contributed by atoms with E-state index in [0.29, 0.717) is 0 Å². The summed E-state index contributed by atoms with van der Waals surface area (Å²) in [6.07, 6.45) is 4.58. The number of rotatable bonds is 4. The second-order valence-electron chi connectivity index (χ2n) is 6.07. The minimum absolute atomic E-state index is 0.0726. The van der Waals surface area contributed by atoms with E-state index in [1.165, 1.54) is 24.0 Å². The minimum atomic E-state index is -0.0726. The molecule has 0 aromatic heterocycles. The first kappa shape index (κ1) is 15.0. The molecule has 19 heavy (non-hydrogen) atoms. The van der Waals surface area contributed by atoms with Crippen molar-refractivity contribution in [1.29, 1.82) is 0 Å². The van der Waals surface area contributed by atoms with E-state index < -0.39 is 0 Å². The van der Waals surface area contributed by atoms with Crippen LogP contribution in [0.2, 0.25) is 0 Å². The Morgan fingerprint density at radius 1 is 1.37 bits per heavy atom. The number of aliphatic hydroxyl groups excluding tert-OH is 1. The van der Waals surface area contributed by atoms with Crippen molar-refractivity contribution >= 4 is 15.9 Å². The molecular weight excluding hydrogens is 302 g/mol. The molecule has 106 valence electrons. The predicted molar refractivity (Wildman–Crippen MR) is 83.2 cm³/mol. The number of hydrogen-bond donors (Lipinski definition) is 2. The third-order valence-electron chi connectivity index (χ3n) is 4.40. The highest BCUT2D eigenvalue weighted by Gasteiger charge is 2.32. The molecule has 0 amide bonds. The molecule has 0 unspecified atom stereocenters. The van der Waals surface area contributed by atoms with Gasteiger partial charge in [0, 0.05) is 16.6 Å². The highest BCUT2D eigenvalue weighted by Crippen LogP contribution is 2.32. The van der Waals surface area contributed by atoms with E-state index in [9.17, 15) is 5.11 Å². The summed E-state index contributed by atoms with van der Waals surface area (Å²) in [6, 6.07) is 6.44. The summed E-state index contributed by atoms with van der Waals surface area (Å²) >= 11 is 3.62. The molecule has 1 fully saturated rings. The lowest BCUT2D eigenvalue weighted by Crippen LogP contribution is -2.50. The molecule has 1 aromatic rings. The maximum atomic E-state index is 9.75. The van der Waals surface area contributed by atoms with E-state index in [4.69, 9.17) is 0 Å². The van der Waals surface area contributed by atoms with E-state index in [2.05, 4.69) is 53.3 Å². The lowest BCUT2D eigenvalue weighted by Gasteiger charge is -2.39. The molecular formula is C16H24BrNO. The lowest BCUT2D eigenvalue weighted by atomic mass is 9.77. The van der Waals surface area contributed by atoms with Crippen LogP contribution in [0.1, 0.15) is 43.7 Å². The monoisotopic (exact) mass is 325 g/mol. The molecule has 1 aliphatic rings. The standard InChI is InChI=1S/C16H24BrNO/c1-12-5-7-16(11-19,8-6-12)18-10-14-4-3-13(2)9-15(14)17/h3-4,9,12,18-19H,5-8,10-11H2,1-2H3. The highest BCUT2D eigenvalue weighted by atomic mass is 79.9. The van der Waals surface area contributed by atoms with Crippen molar-refractivity contribution in [3.8, 4) is 0 Å². The maximum absolute atomic E-state index is 9.75. The molecule has 2 N–H and O–H groups in total.